The Morgan fingerprint density at radius 2 is 2.12 bits per heavy atom. The molecule has 3 aromatic rings. The molecule has 0 aliphatic carbocycles. The average molecular weight is 350 g/mol. The van der Waals surface area contributed by atoms with Crippen molar-refractivity contribution in [2.45, 2.75) is 19.4 Å². The summed E-state index contributed by atoms with van der Waals surface area (Å²) in [6, 6.07) is 15.5. The minimum absolute atomic E-state index is 0.0197. The maximum absolute atomic E-state index is 13.0. The van der Waals surface area contributed by atoms with Crippen molar-refractivity contribution in [1.82, 2.24) is 4.98 Å². The molecule has 4 nitrogen and oxygen atoms in total. The van der Waals surface area contributed by atoms with Crippen molar-refractivity contribution < 1.29 is 9.53 Å². The molecule has 5 heteroatoms. The number of carbonyl (C=O) groups excluding carboxylic acids is 1. The Balaban J connectivity index is 1.54. The molecule has 1 aromatic heterocycles. The predicted octanol–water partition coefficient (Wildman–Crippen LogP) is 4.32. The summed E-state index contributed by atoms with van der Waals surface area (Å²) in [5.41, 5.74) is 5.58. The third kappa shape index (κ3) is 3.42. The Labute approximate surface area is 150 Å². The van der Waals surface area contributed by atoms with Crippen LogP contribution in [-0.2, 0) is 13.0 Å². The number of nitrogens with zero attached hydrogens (tertiary/aromatic N) is 2. The molecule has 126 valence electrons. The molecule has 0 saturated carbocycles. The van der Waals surface area contributed by atoms with Gasteiger partial charge in [-0.05, 0) is 42.7 Å². The third-order valence-electron chi connectivity index (χ3n) is 4.31. The van der Waals surface area contributed by atoms with Crippen LogP contribution in [0.4, 0.5) is 5.69 Å². The zero-order valence-electron chi connectivity index (χ0n) is 13.7. The van der Waals surface area contributed by atoms with Crippen LogP contribution in [0.5, 0.6) is 5.75 Å². The highest BCUT2D eigenvalue weighted by Gasteiger charge is 2.23. The van der Waals surface area contributed by atoms with Crippen LogP contribution < -0.4 is 9.64 Å². The van der Waals surface area contributed by atoms with Gasteiger partial charge in [0.15, 0.2) is 0 Å². The van der Waals surface area contributed by atoms with E-state index in [1.807, 2.05) is 52.7 Å². The van der Waals surface area contributed by atoms with Gasteiger partial charge >= 0.3 is 0 Å². The van der Waals surface area contributed by atoms with Gasteiger partial charge in [0.1, 0.15) is 12.4 Å². The van der Waals surface area contributed by atoms with Gasteiger partial charge in [0, 0.05) is 23.2 Å². The number of carbonyl (C=O) groups is 1. The first-order chi connectivity index (χ1) is 12.3. The van der Waals surface area contributed by atoms with E-state index in [4.69, 9.17) is 4.74 Å². The van der Waals surface area contributed by atoms with Crippen LogP contribution >= 0.6 is 11.3 Å². The number of fused-ring (bicyclic) bond motifs is 1. The van der Waals surface area contributed by atoms with Crippen molar-refractivity contribution in [2.75, 3.05) is 11.4 Å². The van der Waals surface area contributed by atoms with Gasteiger partial charge in [0.25, 0.3) is 5.91 Å². The van der Waals surface area contributed by atoms with Gasteiger partial charge < -0.3 is 9.64 Å². The van der Waals surface area contributed by atoms with E-state index in [2.05, 4.69) is 11.1 Å². The summed E-state index contributed by atoms with van der Waals surface area (Å²) in [7, 11) is 0. The fourth-order valence-corrected chi connectivity index (χ4v) is 3.63. The first kappa shape index (κ1) is 15.8. The van der Waals surface area contributed by atoms with Crippen molar-refractivity contribution in [2.24, 2.45) is 0 Å². The normalized spacial score (nSPS) is 13.4. The number of anilines is 1. The molecule has 0 N–H and O–H groups in total. The summed E-state index contributed by atoms with van der Waals surface area (Å²) in [6.07, 6.45) is 2.01. The van der Waals surface area contributed by atoms with Crippen LogP contribution in [0, 0.1) is 0 Å². The lowest BCUT2D eigenvalue weighted by atomic mass is 10.0. The Kier molecular flexibility index (Phi) is 4.48. The van der Waals surface area contributed by atoms with E-state index in [1.54, 1.807) is 16.8 Å². The number of aromatic nitrogens is 1. The maximum atomic E-state index is 13.0. The molecule has 0 fully saturated rings. The Bertz CT molecular complexity index is 877. The van der Waals surface area contributed by atoms with E-state index in [9.17, 15) is 4.79 Å². The predicted molar refractivity (Wildman–Crippen MR) is 99.3 cm³/mol. The Hall–Kier alpha value is -2.66. The SMILES string of the molecule is O=C(c1cccc(OCc2cscn2)c1)N1CCCc2ccccc21. The van der Waals surface area contributed by atoms with Gasteiger partial charge in [0.05, 0.1) is 11.2 Å². The second kappa shape index (κ2) is 7.07. The molecule has 1 amide bonds. The summed E-state index contributed by atoms with van der Waals surface area (Å²) in [6.45, 7) is 1.16. The van der Waals surface area contributed by atoms with Crippen molar-refractivity contribution in [3.8, 4) is 5.75 Å². The second-order valence-electron chi connectivity index (χ2n) is 5.99. The number of benzene rings is 2. The zero-order valence-corrected chi connectivity index (χ0v) is 14.5. The molecule has 4 rings (SSSR count). The minimum Gasteiger partial charge on any atom is -0.487 e. The number of para-hydroxylation sites is 1. The zero-order chi connectivity index (χ0) is 17.1. The van der Waals surface area contributed by atoms with Crippen LogP contribution in [0.3, 0.4) is 0 Å². The highest BCUT2D eigenvalue weighted by atomic mass is 32.1. The first-order valence-electron chi connectivity index (χ1n) is 8.31. The monoisotopic (exact) mass is 350 g/mol. The molecule has 1 aliphatic heterocycles. The number of rotatable bonds is 4. The lowest BCUT2D eigenvalue weighted by Crippen LogP contribution is -2.35. The number of hydrogen-bond acceptors (Lipinski definition) is 4. The molecule has 0 saturated heterocycles. The molecule has 1 aliphatic rings. The van der Waals surface area contributed by atoms with Gasteiger partial charge in [-0.1, -0.05) is 24.3 Å². The molecule has 2 aromatic carbocycles. The topological polar surface area (TPSA) is 42.4 Å². The fourth-order valence-electron chi connectivity index (χ4n) is 3.09. The highest BCUT2D eigenvalue weighted by Crippen LogP contribution is 2.28. The first-order valence-corrected chi connectivity index (χ1v) is 9.25. The molecular formula is C20H18N2O2S. The van der Waals surface area contributed by atoms with Crippen LogP contribution in [-0.4, -0.2) is 17.4 Å². The standard InChI is InChI=1S/C20H18N2O2S/c23-20(22-10-4-7-15-5-1-2-9-19(15)22)16-6-3-8-18(11-16)24-12-17-13-25-14-21-17/h1-3,5-6,8-9,11,13-14H,4,7,10,12H2. The molecule has 25 heavy (non-hydrogen) atoms. The van der Waals surface area contributed by atoms with Crippen LogP contribution in [0.1, 0.15) is 28.0 Å². The van der Waals surface area contributed by atoms with Crippen LogP contribution in [0.2, 0.25) is 0 Å². The van der Waals surface area contributed by atoms with Gasteiger partial charge in [-0.2, -0.15) is 0 Å². The van der Waals surface area contributed by atoms with Gasteiger partial charge in [-0.15, -0.1) is 11.3 Å². The summed E-state index contributed by atoms with van der Waals surface area (Å²) in [5, 5.41) is 1.96. The summed E-state index contributed by atoms with van der Waals surface area (Å²) in [4.78, 5) is 19.1. The number of thiazole rings is 1. The molecule has 2 heterocycles. The fraction of sp³-hybridized carbons (Fsp3) is 0.200. The van der Waals surface area contributed by atoms with E-state index >= 15 is 0 Å². The van der Waals surface area contributed by atoms with Crippen molar-refractivity contribution in [1.29, 1.82) is 0 Å². The van der Waals surface area contributed by atoms with Crippen LogP contribution in [0.25, 0.3) is 0 Å². The second-order valence-corrected chi connectivity index (χ2v) is 6.70. The minimum atomic E-state index is 0.0197. The number of aryl methyl sites for hydroxylation is 1. The quantitative estimate of drug-likeness (QED) is 0.704. The molecular weight excluding hydrogens is 332 g/mol. The Morgan fingerprint density at radius 1 is 1.20 bits per heavy atom. The third-order valence-corrected chi connectivity index (χ3v) is 4.94. The highest BCUT2D eigenvalue weighted by molar-refractivity contribution is 7.07. The van der Waals surface area contributed by atoms with Gasteiger partial charge in [-0.3, -0.25) is 4.79 Å². The molecule has 0 radical (unpaired) electrons. The van der Waals surface area contributed by atoms with E-state index in [-0.39, 0.29) is 5.91 Å². The van der Waals surface area contributed by atoms with E-state index in [0.717, 1.165) is 30.8 Å². The van der Waals surface area contributed by atoms with E-state index in [0.29, 0.717) is 17.9 Å². The van der Waals surface area contributed by atoms with Crippen molar-refractivity contribution in [3.63, 3.8) is 0 Å². The van der Waals surface area contributed by atoms with E-state index in [1.165, 1.54) is 5.56 Å². The molecule has 0 atom stereocenters. The van der Waals surface area contributed by atoms with Gasteiger partial charge in [-0.25, -0.2) is 4.98 Å². The molecule has 0 bridgehead atoms. The van der Waals surface area contributed by atoms with Gasteiger partial charge in [0.2, 0.25) is 0 Å². The number of amides is 1. The largest absolute Gasteiger partial charge is 0.487 e. The molecule has 0 spiro atoms. The number of hydrogen-bond donors (Lipinski definition) is 0. The van der Waals surface area contributed by atoms with Crippen molar-refractivity contribution >= 4 is 22.9 Å². The smallest absolute Gasteiger partial charge is 0.258 e. The summed E-state index contributed by atoms with van der Waals surface area (Å²) in [5.74, 6) is 0.704. The summed E-state index contributed by atoms with van der Waals surface area (Å²) >= 11 is 1.54. The Morgan fingerprint density at radius 3 is 3.00 bits per heavy atom. The van der Waals surface area contributed by atoms with Crippen LogP contribution in [0.15, 0.2) is 59.4 Å². The summed E-state index contributed by atoms with van der Waals surface area (Å²) < 4.78 is 5.77. The lowest BCUT2D eigenvalue weighted by molar-refractivity contribution is 0.0984. The number of ether oxygens (including phenoxy) is 1. The van der Waals surface area contributed by atoms with Crippen molar-refractivity contribution in [3.05, 3.63) is 76.2 Å². The lowest BCUT2D eigenvalue weighted by Gasteiger charge is -2.29. The average Bonchev–Trinajstić information content (AvgIpc) is 3.19. The molecule has 0 unspecified atom stereocenters. The van der Waals surface area contributed by atoms with E-state index < -0.39 is 0 Å². The maximum Gasteiger partial charge on any atom is 0.258 e.